The van der Waals surface area contributed by atoms with Gasteiger partial charge in [-0.25, -0.2) is 4.98 Å². The number of nitrogens with zero attached hydrogens (tertiary/aromatic N) is 3. The van der Waals surface area contributed by atoms with E-state index >= 15 is 0 Å². The normalized spacial score (nSPS) is 19.9. The largest absolute Gasteiger partial charge is 0.391 e. The molecule has 0 radical (unpaired) electrons. The van der Waals surface area contributed by atoms with Crippen LogP contribution in [0.5, 0.6) is 0 Å². The van der Waals surface area contributed by atoms with Crippen molar-refractivity contribution in [3.05, 3.63) is 10.6 Å². The van der Waals surface area contributed by atoms with E-state index in [9.17, 15) is 5.11 Å². The van der Waals surface area contributed by atoms with Crippen LogP contribution in [0.15, 0.2) is 0 Å². The van der Waals surface area contributed by atoms with Gasteiger partial charge in [-0.05, 0) is 20.9 Å². The van der Waals surface area contributed by atoms with E-state index in [1.165, 1.54) is 0 Å². The van der Waals surface area contributed by atoms with Gasteiger partial charge >= 0.3 is 0 Å². The first-order valence-electron chi connectivity index (χ1n) is 6.52. The number of rotatable bonds is 4. The van der Waals surface area contributed by atoms with Crippen molar-refractivity contribution in [1.82, 2.24) is 9.88 Å². The second-order valence-corrected chi connectivity index (χ2v) is 6.68. The van der Waals surface area contributed by atoms with Gasteiger partial charge in [0.05, 0.1) is 23.8 Å². The van der Waals surface area contributed by atoms with Gasteiger partial charge in [0.25, 0.3) is 0 Å². The summed E-state index contributed by atoms with van der Waals surface area (Å²) in [7, 11) is 3.81. The topological polar surface area (TPSA) is 48.8 Å². The second kappa shape index (κ2) is 5.75. The molecule has 1 aliphatic rings. The number of thiazole rings is 1. The van der Waals surface area contributed by atoms with Gasteiger partial charge in [-0.1, -0.05) is 11.3 Å². The van der Waals surface area contributed by atoms with Gasteiger partial charge in [-0.2, -0.15) is 0 Å². The Bertz CT molecular complexity index is 434. The van der Waals surface area contributed by atoms with Crippen molar-refractivity contribution in [2.24, 2.45) is 0 Å². The molecule has 0 amide bonds. The van der Waals surface area contributed by atoms with Crippen molar-refractivity contribution in [2.75, 3.05) is 38.7 Å². The molecule has 0 spiro atoms. The quantitative estimate of drug-likeness (QED) is 0.904. The van der Waals surface area contributed by atoms with E-state index in [4.69, 9.17) is 4.74 Å². The summed E-state index contributed by atoms with van der Waals surface area (Å²) in [6, 6.07) is 0. The fraction of sp³-hybridized carbons (Fsp3) is 0.769. The van der Waals surface area contributed by atoms with Crippen LogP contribution >= 0.6 is 11.3 Å². The van der Waals surface area contributed by atoms with E-state index in [1.807, 2.05) is 0 Å². The van der Waals surface area contributed by atoms with E-state index < -0.39 is 0 Å². The van der Waals surface area contributed by atoms with Crippen molar-refractivity contribution >= 4 is 16.5 Å². The first kappa shape index (κ1) is 14.7. The van der Waals surface area contributed by atoms with E-state index in [-0.39, 0.29) is 12.1 Å². The minimum absolute atomic E-state index is 0.0352. The average Bonchev–Trinajstić information content (AvgIpc) is 2.76. The van der Waals surface area contributed by atoms with Crippen molar-refractivity contribution in [3.8, 4) is 0 Å². The zero-order valence-corrected chi connectivity index (χ0v) is 13.0. The maximum absolute atomic E-state index is 9.39. The monoisotopic (exact) mass is 285 g/mol. The molecule has 2 heterocycles. The predicted octanol–water partition coefficient (Wildman–Crippen LogP) is 1.31. The molecular weight excluding hydrogens is 262 g/mol. The van der Waals surface area contributed by atoms with Gasteiger partial charge in [0.15, 0.2) is 5.13 Å². The molecule has 0 aromatic carbocycles. The minimum atomic E-state index is 0.0352. The van der Waals surface area contributed by atoms with Crippen LogP contribution in [0, 0.1) is 0 Å². The fourth-order valence-corrected chi connectivity index (χ4v) is 3.23. The molecule has 0 aliphatic carbocycles. The summed E-state index contributed by atoms with van der Waals surface area (Å²) in [4.78, 5) is 10.2. The third kappa shape index (κ3) is 3.08. The van der Waals surface area contributed by atoms with Crippen LogP contribution in [0.1, 0.15) is 24.4 Å². The first-order valence-corrected chi connectivity index (χ1v) is 7.34. The SMILES string of the molecule is COCc1nc(N2CCN(C)C(C)(C)C2)sc1CO. The highest BCUT2D eigenvalue weighted by Crippen LogP contribution is 2.30. The summed E-state index contributed by atoms with van der Waals surface area (Å²) in [5.74, 6) is 0. The Morgan fingerprint density at radius 1 is 1.42 bits per heavy atom. The third-order valence-electron chi connectivity index (χ3n) is 3.78. The number of methoxy groups -OCH3 is 1. The van der Waals surface area contributed by atoms with Crippen LogP contribution in [0.3, 0.4) is 0 Å². The number of likely N-dealkylation sites (N-methyl/N-ethyl adjacent to an activating group) is 1. The lowest BCUT2D eigenvalue weighted by Gasteiger charge is -2.45. The van der Waals surface area contributed by atoms with Crippen LogP contribution in [-0.2, 0) is 18.0 Å². The summed E-state index contributed by atoms with van der Waals surface area (Å²) < 4.78 is 5.14. The van der Waals surface area contributed by atoms with Gasteiger partial charge < -0.3 is 14.7 Å². The molecule has 1 fully saturated rings. The van der Waals surface area contributed by atoms with Gasteiger partial charge in [-0.15, -0.1) is 0 Å². The molecule has 1 aliphatic heterocycles. The summed E-state index contributed by atoms with van der Waals surface area (Å²) in [5.41, 5.74) is 1.01. The summed E-state index contributed by atoms with van der Waals surface area (Å²) in [6.07, 6.45) is 0. The van der Waals surface area contributed by atoms with E-state index in [1.54, 1.807) is 18.4 Å². The molecule has 2 rings (SSSR count). The Balaban J connectivity index is 2.18. The Hall–Kier alpha value is -0.690. The number of aliphatic hydroxyl groups excluding tert-OH is 1. The van der Waals surface area contributed by atoms with Gasteiger partial charge in [0, 0.05) is 32.3 Å². The minimum Gasteiger partial charge on any atom is -0.391 e. The van der Waals surface area contributed by atoms with Crippen LogP contribution in [0.25, 0.3) is 0 Å². The van der Waals surface area contributed by atoms with E-state index in [2.05, 4.69) is 35.7 Å². The molecule has 0 saturated carbocycles. The molecule has 1 saturated heterocycles. The maximum Gasteiger partial charge on any atom is 0.186 e. The lowest BCUT2D eigenvalue weighted by atomic mass is 10.0. The predicted molar refractivity (Wildman–Crippen MR) is 77.7 cm³/mol. The molecule has 1 aromatic heterocycles. The lowest BCUT2D eigenvalue weighted by molar-refractivity contribution is 0.138. The number of aliphatic hydroxyl groups is 1. The fourth-order valence-electron chi connectivity index (χ4n) is 2.28. The number of hydrogen-bond donors (Lipinski definition) is 1. The van der Waals surface area contributed by atoms with E-state index in [0.29, 0.717) is 6.61 Å². The molecule has 0 atom stereocenters. The highest BCUT2D eigenvalue weighted by molar-refractivity contribution is 7.15. The highest BCUT2D eigenvalue weighted by Gasteiger charge is 2.32. The summed E-state index contributed by atoms with van der Waals surface area (Å²) in [6.45, 7) is 7.95. The smallest absolute Gasteiger partial charge is 0.186 e. The number of piperazine rings is 1. The molecule has 0 unspecified atom stereocenters. The summed E-state index contributed by atoms with van der Waals surface area (Å²) in [5, 5.41) is 10.4. The lowest BCUT2D eigenvalue weighted by Crippen LogP contribution is -2.57. The molecule has 108 valence electrons. The van der Waals surface area contributed by atoms with Crippen LogP contribution in [-0.4, -0.2) is 54.3 Å². The van der Waals surface area contributed by atoms with Crippen molar-refractivity contribution < 1.29 is 9.84 Å². The Labute approximate surface area is 118 Å². The van der Waals surface area contributed by atoms with Crippen LogP contribution in [0.2, 0.25) is 0 Å². The Morgan fingerprint density at radius 2 is 2.16 bits per heavy atom. The molecule has 1 N–H and O–H groups in total. The van der Waals surface area contributed by atoms with Gasteiger partial charge in [-0.3, -0.25) is 4.90 Å². The maximum atomic E-state index is 9.39. The van der Waals surface area contributed by atoms with Crippen molar-refractivity contribution in [2.45, 2.75) is 32.6 Å². The van der Waals surface area contributed by atoms with Crippen LogP contribution < -0.4 is 4.90 Å². The van der Waals surface area contributed by atoms with E-state index in [0.717, 1.165) is 35.3 Å². The van der Waals surface area contributed by atoms with Crippen LogP contribution in [0.4, 0.5) is 5.13 Å². The zero-order valence-electron chi connectivity index (χ0n) is 12.1. The molecular formula is C13H23N3O2S. The average molecular weight is 285 g/mol. The molecule has 5 nitrogen and oxygen atoms in total. The molecule has 1 aromatic rings. The third-order valence-corrected chi connectivity index (χ3v) is 4.92. The molecule has 19 heavy (non-hydrogen) atoms. The number of hydrogen-bond acceptors (Lipinski definition) is 6. The Kier molecular flexibility index (Phi) is 4.45. The Morgan fingerprint density at radius 3 is 2.74 bits per heavy atom. The molecule has 6 heteroatoms. The standard InChI is InChI=1S/C13H23N3O2S/c1-13(2)9-16(6-5-15(13)3)12-14-10(8-18-4)11(7-17)19-12/h17H,5-9H2,1-4H3. The first-order chi connectivity index (χ1) is 8.97. The number of anilines is 1. The van der Waals surface area contributed by atoms with Crippen molar-refractivity contribution in [1.29, 1.82) is 0 Å². The number of ether oxygens (including phenoxy) is 1. The second-order valence-electron chi connectivity index (χ2n) is 5.61. The highest BCUT2D eigenvalue weighted by atomic mass is 32.1. The van der Waals surface area contributed by atoms with Gasteiger partial charge in [0.2, 0.25) is 0 Å². The van der Waals surface area contributed by atoms with Gasteiger partial charge in [0.1, 0.15) is 0 Å². The molecule has 0 bridgehead atoms. The zero-order chi connectivity index (χ0) is 14.0. The number of aromatic nitrogens is 1. The summed E-state index contributed by atoms with van der Waals surface area (Å²) >= 11 is 1.57. The van der Waals surface area contributed by atoms with Crippen molar-refractivity contribution in [3.63, 3.8) is 0 Å².